The lowest BCUT2D eigenvalue weighted by molar-refractivity contribution is -0.117. The van der Waals surface area contributed by atoms with Gasteiger partial charge in [0.1, 0.15) is 5.78 Å². The molecule has 0 aliphatic carbocycles. The van der Waals surface area contributed by atoms with Crippen LogP contribution in [0.15, 0.2) is 0 Å². The molecule has 0 aliphatic rings. The number of hydrogen-bond donors (Lipinski definition) is 0. The van der Waals surface area contributed by atoms with Gasteiger partial charge in [-0.3, -0.25) is 0 Å². The minimum absolute atomic E-state index is 0.323. The number of rotatable bonds is 8. The first kappa shape index (κ1) is 12.0. The van der Waals surface area contributed by atoms with Crippen molar-refractivity contribution in [2.45, 2.75) is 46.0 Å². The van der Waals surface area contributed by atoms with E-state index in [2.05, 4.69) is 6.92 Å². The fourth-order valence-corrected chi connectivity index (χ4v) is 1.94. The van der Waals surface area contributed by atoms with Gasteiger partial charge in [0.05, 0.1) is 0 Å². The Balaban J connectivity index is 2.86. The summed E-state index contributed by atoms with van der Waals surface area (Å²) < 4.78 is 0. The summed E-state index contributed by atoms with van der Waals surface area (Å²) in [5.74, 6) is 2.75. The Kier molecular flexibility index (Phi) is 9.13. The molecule has 12 heavy (non-hydrogen) atoms. The van der Waals surface area contributed by atoms with E-state index in [0.717, 1.165) is 18.6 Å². The number of Topliss-reactive ketones (excluding diaryl/α,β-unsaturated/α-hetero) is 1. The van der Waals surface area contributed by atoms with Crippen molar-refractivity contribution in [2.24, 2.45) is 0 Å². The predicted octanol–water partition coefficient (Wildman–Crippen LogP) is 3.28. The van der Waals surface area contributed by atoms with E-state index in [0.29, 0.717) is 5.78 Å². The SMILES string of the molecule is CCCCCSCCCC(C)=O. The standard InChI is InChI=1S/C10H20OS/c1-3-4-5-8-12-9-6-7-10(2)11/h3-9H2,1-2H3. The van der Waals surface area contributed by atoms with E-state index in [9.17, 15) is 4.79 Å². The van der Waals surface area contributed by atoms with Crippen LogP contribution in [0, 0.1) is 0 Å². The van der Waals surface area contributed by atoms with E-state index in [4.69, 9.17) is 0 Å². The van der Waals surface area contributed by atoms with E-state index >= 15 is 0 Å². The quantitative estimate of drug-likeness (QED) is 0.544. The van der Waals surface area contributed by atoms with Gasteiger partial charge in [-0.2, -0.15) is 11.8 Å². The zero-order valence-electron chi connectivity index (χ0n) is 8.27. The average molecular weight is 188 g/mol. The molecular weight excluding hydrogens is 168 g/mol. The number of carbonyl (C=O) groups is 1. The Morgan fingerprint density at radius 2 is 1.83 bits per heavy atom. The largest absolute Gasteiger partial charge is 0.300 e. The molecule has 2 heteroatoms. The minimum Gasteiger partial charge on any atom is -0.300 e. The van der Waals surface area contributed by atoms with E-state index in [1.807, 2.05) is 11.8 Å². The number of carbonyl (C=O) groups excluding carboxylic acids is 1. The van der Waals surface area contributed by atoms with E-state index < -0.39 is 0 Å². The average Bonchev–Trinajstić information content (AvgIpc) is 2.02. The summed E-state index contributed by atoms with van der Waals surface area (Å²) in [6.07, 6.45) is 5.81. The summed E-state index contributed by atoms with van der Waals surface area (Å²) in [6.45, 7) is 3.89. The molecule has 0 saturated heterocycles. The highest BCUT2D eigenvalue weighted by Crippen LogP contribution is 2.08. The van der Waals surface area contributed by atoms with Crippen molar-refractivity contribution in [1.29, 1.82) is 0 Å². The topological polar surface area (TPSA) is 17.1 Å². The molecule has 0 aromatic rings. The van der Waals surface area contributed by atoms with Crippen LogP contribution < -0.4 is 0 Å². The van der Waals surface area contributed by atoms with Crippen LogP contribution in [0.25, 0.3) is 0 Å². The Morgan fingerprint density at radius 1 is 1.17 bits per heavy atom. The third-order valence-electron chi connectivity index (χ3n) is 1.71. The minimum atomic E-state index is 0.323. The van der Waals surface area contributed by atoms with Crippen molar-refractivity contribution in [3.05, 3.63) is 0 Å². The second-order valence-electron chi connectivity index (χ2n) is 3.13. The first-order valence-corrected chi connectivity index (χ1v) is 6.00. The molecule has 0 radical (unpaired) electrons. The van der Waals surface area contributed by atoms with Gasteiger partial charge in [-0.1, -0.05) is 19.8 Å². The van der Waals surface area contributed by atoms with Crippen molar-refractivity contribution < 1.29 is 4.79 Å². The van der Waals surface area contributed by atoms with Gasteiger partial charge in [0.2, 0.25) is 0 Å². The fraction of sp³-hybridized carbons (Fsp3) is 0.900. The maximum Gasteiger partial charge on any atom is 0.129 e. The number of thioether (sulfide) groups is 1. The van der Waals surface area contributed by atoms with Gasteiger partial charge < -0.3 is 4.79 Å². The number of unbranched alkanes of at least 4 members (excludes halogenated alkanes) is 2. The molecule has 0 spiro atoms. The molecule has 72 valence electrons. The second-order valence-corrected chi connectivity index (χ2v) is 4.35. The first-order chi connectivity index (χ1) is 5.77. The van der Waals surface area contributed by atoms with E-state index in [1.54, 1.807) is 6.92 Å². The van der Waals surface area contributed by atoms with Crippen molar-refractivity contribution in [1.82, 2.24) is 0 Å². The molecule has 0 unspecified atom stereocenters. The second kappa shape index (κ2) is 9.11. The molecule has 0 atom stereocenters. The van der Waals surface area contributed by atoms with Crippen LogP contribution in [-0.2, 0) is 4.79 Å². The Hall–Kier alpha value is 0.0200. The lowest BCUT2D eigenvalue weighted by atomic mass is 10.3. The molecule has 0 amide bonds. The smallest absolute Gasteiger partial charge is 0.129 e. The Labute approximate surface area is 80.3 Å². The van der Waals surface area contributed by atoms with Crippen LogP contribution >= 0.6 is 11.8 Å². The maximum atomic E-state index is 10.6. The molecule has 1 nitrogen and oxygen atoms in total. The highest BCUT2D eigenvalue weighted by Gasteiger charge is 1.93. The van der Waals surface area contributed by atoms with Crippen LogP contribution in [0.2, 0.25) is 0 Å². The summed E-state index contributed by atoms with van der Waals surface area (Å²) in [5.41, 5.74) is 0. The zero-order valence-corrected chi connectivity index (χ0v) is 9.08. The molecule has 0 saturated carbocycles. The lowest BCUT2D eigenvalue weighted by Crippen LogP contribution is -1.91. The number of ketones is 1. The van der Waals surface area contributed by atoms with E-state index in [1.165, 1.54) is 25.0 Å². The van der Waals surface area contributed by atoms with Crippen molar-refractivity contribution >= 4 is 17.5 Å². The van der Waals surface area contributed by atoms with Crippen LogP contribution in [-0.4, -0.2) is 17.3 Å². The third kappa shape index (κ3) is 10.0. The van der Waals surface area contributed by atoms with Crippen molar-refractivity contribution in [3.8, 4) is 0 Å². The van der Waals surface area contributed by atoms with Crippen LogP contribution in [0.4, 0.5) is 0 Å². The summed E-state index contributed by atoms with van der Waals surface area (Å²) in [7, 11) is 0. The Bertz CT molecular complexity index is 112. The normalized spacial score (nSPS) is 10.2. The van der Waals surface area contributed by atoms with Crippen LogP contribution in [0.5, 0.6) is 0 Å². The van der Waals surface area contributed by atoms with Crippen molar-refractivity contribution in [2.75, 3.05) is 11.5 Å². The van der Waals surface area contributed by atoms with Gasteiger partial charge in [-0.15, -0.1) is 0 Å². The molecule has 0 aliphatic heterocycles. The molecule has 0 N–H and O–H groups in total. The zero-order chi connectivity index (χ0) is 9.23. The molecule has 0 rings (SSSR count). The summed E-state index contributed by atoms with van der Waals surface area (Å²) >= 11 is 1.98. The van der Waals surface area contributed by atoms with Gasteiger partial charge in [-0.25, -0.2) is 0 Å². The van der Waals surface area contributed by atoms with Crippen molar-refractivity contribution in [3.63, 3.8) is 0 Å². The highest BCUT2D eigenvalue weighted by atomic mass is 32.2. The molecule has 0 heterocycles. The van der Waals surface area contributed by atoms with Gasteiger partial charge in [0.25, 0.3) is 0 Å². The molecule has 0 aromatic heterocycles. The predicted molar refractivity (Wildman–Crippen MR) is 56.8 cm³/mol. The van der Waals surface area contributed by atoms with Crippen LogP contribution in [0.3, 0.4) is 0 Å². The molecular formula is C10H20OS. The van der Waals surface area contributed by atoms with Gasteiger partial charge >= 0.3 is 0 Å². The fourth-order valence-electron chi connectivity index (χ4n) is 0.979. The summed E-state index contributed by atoms with van der Waals surface area (Å²) in [6, 6.07) is 0. The third-order valence-corrected chi connectivity index (χ3v) is 2.86. The van der Waals surface area contributed by atoms with Crippen LogP contribution in [0.1, 0.15) is 46.0 Å². The molecule has 0 aromatic carbocycles. The first-order valence-electron chi connectivity index (χ1n) is 4.84. The van der Waals surface area contributed by atoms with E-state index in [-0.39, 0.29) is 0 Å². The number of hydrogen-bond acceptors (Lipinski definition) is 2. The lowest BCUT2D eigenvalue weighted by Gasteiger charge is -1.99. The van der Waals surface area contributed by atoms with Gasteiger partial charge in [0.15, 0.2) is 0 Å². The van der Waals surface area contributed by atoms with Gasteiger partial charge in [-0.05, 0) is 31.3 Å². The van der Waals surface area contributed by atoms with Gasteiger partial charge in [0, 0.05) is 6.42 Å². The molecule has 0 bridgehead atoms. The summed E-state index contributed by atoms with van der Waals surface area (Å²) in [4.78, 5) is 10.6. The summed E-state index contributed by atoms with van der Waals surface area (Å²) in [5, 5.41) is 0. The maximum absolute atomic E-state index is 10.6. The molecule has 0 fully saturated rings. The monoisotopic (exact) mass is 188 g/mol. The highest BCUT2D eigenvalue weighted by molar-refractivity contribution is 7.99. The Morgan fingerprint density at radius 3 is 2.42 bits per heavy atom.